The summed E-state index contributed by atoms with van der Waals surface area (Å²) in [6.07, 6.45) is 5.83. The lowest BCUT2D eigenvalue weighted by Gasteiger charge is -1.96. The first kappa shape index (κ1) is 10.9. The molecule has 0 aliphatic heterocycles. The summed E-state index contributed by atoms with van der Waals surface area (Å²) in [6.45, 7) is 2.22. The van der Waals surface area contributed by atoms with Crippen LogP contribution in [0, 0.1) is 5.92 Å². The summed E-state index contributed by atoms with van der Waals surface area (Å²) < 4.78 is 4.95. The molecule has 3 rings (SSSR count). The molecule has 1 N–H and O–H groups in total. The van der Waals surface area contributed by atoms with Crippen molar-refractivity contribution in [3.05, 3.63) is 23.9 Å². The molecule has 6 heteroatoms. The van der Waals surface area contributed by atoms with Crippen molar-refractivity contribution in [3.8, 4) is 0 Å². The van der Waals surface area contributed by atoms with Crippen molar-refractivity contribution in [3.63, 3.8) is 0 Å². The van der Waals surface area contributed by atoms with Crippen LogP contribution in [0.3, 0.4) is 0 Å². The Morgan fingerprint density at radius 3 is 3.33 bits per heavy atom. The summed E-state index contributed by atoms with van der Waals surface area (Å²) in [7, 11) is 0. The van der Waals surface area contributed by atoms with E-state index in [0.717, 1.165) is 17.5 Å². The second-order valence-electron chi connectivity index (χ2n) is 4.10. The van der Waals surface area contributed by atoms with Crippen molar-refractivity contribution < 1.29 is 9.53 Å². The minimum atomic E-state index is -0.162. The molecule has 1 unspecified atom stereocenters. The number of aromatic amines is 1. The molecule has 0 spiro atoms. The lowest BCUT2D eigenvalue weighted by molar-refractivity contribution is -0.144. The quantitative estimate of drug-likeness (QED) is 0.823. The van der Waals surface area contributed by atoms with Gasteiger partial charge in [-0.25, -0.2) is 15.0 Å². The molecule has 0 radical (unpaired) electrons. The highest BCUT2D eigenvalue weighted by molar-refractivity contribution is 5.83. The van der Waals surface area contributed by atoms with Crippen molar-refractivity contribution in [2.45, 2.75) is 13.3 Å². The number of rotatable bonds is 3. The van der Waals surface area contributed by atoms with Gasteiger partial charge in [0.05, 0.1) is 25.0 Å². The highest BCUT2D eigenvalue weighted by Gasteiger charge is 2.38. The van der Waals surface area contributed by atoms with Crippen LogP contribution >= 0.6 is 0 Å². The van der Waals surface area contributed by atoms with Crippen LogP contribution in [0.1, 0.15) is 19.2 Å². The fourth-order valence-electron chi connectivity index (χ4n) is 1.80. The van der Waals surface area contributed by atoms with Crippen LogP contribution in [-0.4, -0.2) is 32.5 Å². The van der Waals surface area contributed by atoms with E-state index < -0.39 is 0 Å². The molecule has 2 aromatic heterocycles. The van der Waals surface area contributed by atoms with Crippen molar-refractivity contribution >= 4 is 23.2 Å². The van der Waals surface area contributed by atoms with Crippen molar-refractivity contribution in [1.29, 1.82) is 0 Å². The molecule has 2 heterocycles. The van der Waals surface area contributed by atoms with Gasteiger partial charge in [-0.3, -0.25) is 4.79 Å². The van der Waals surface area contributed by atoms with Gasteiger partial charge in [0.2, 0.25) is 0 Å². The van der Waals surface area contributed by atoms with Crippen molar-refractivity contribution in [2.24, 2.45) is 5.92 Å². The molecule has 1 atom stereocenters. The van der Waals surface area contributed by atoms with E-state index in [-0.39, 0.29) is 11.9 Å². The minimum Gasteiger partial charge on any atom is -0.466 e. The normalized spacial score (nSPS) is 20.3. The second-order valence-corrected chi connectivity index (χ2v) is 4.10. The van der Waals surface area contributed by atoms with E-state index in [1.54, 1.807) is 19.4 Å². The molecule has 2 aromatic rings. The van der Waals surface area contributed by atoms with E-state index in [1.165, 1.54) is 0 Å². The van der Waals surface area contributed by atoms with Gasteiger partial charge in [-0.2, -0.15) is 0 Å². The topological polar surface area (TPSA) is 80.8 Å². The summed E-state index contributed by atoms with van der Waals surface area (Å²) >= 11 is 0. The van der Waals surface area contributed by atoms with Crippen LogP contribution in [0.25, 0.3) is 17.2 Å². The average molecular weight is 244 g/mol. The standard InChI is InChI=1S/C12H12N4O2/c1-2-18-12(17)8-3-7(8)4-10-13-5-9-11(16-10)15-6-14-9/h4-6,8H,2-3H2,1H3,(H,13,14,15,16). The molecule has 0 bridgehead atoms. The third kappa shape index (κ3) is 1.97. The summed E-state index contributed by atoms with van der Waals surface area (Å²) in [5.41, 5.74) is 2.45. The molecule has 92 valence electrons. The number of esters is 1. The van der Waals surface area contributed by atoms with Gasteiger partial charge in [0.25, 0.3) is 0 Å². The van der Waals surface area contributed by atoms with Gasteiger partial charge in [0.1, 0.15) is 5.52 Å². The molecule has 1 aliphatic rings. The van der Waals surface area contributed by atoms with Crippen LogP contribution in [0.15, 0.2) is 18.1 Å². The number of H-pyrrole nitrogens is 1. The molecule has 1 saturated carbocycles. The third-order valence-electron chi connectivity index (χ3n) is 2.81. The lowest BCUT2D eigenvalue weighted by atomic mass is 10.3. The van der Waals surface area contributed by atoms with Crippen molar-refractivity contribution in [1.82, 2.24) is 19.9 Å². The Morgan fingerprint density at radius 1 is 1.61 bits per heavy atom. The maximum absolute atomic E-state index is 11.5. The van der Waals surface area contributed by atoms with E-state index in [0.29, 0.717) is 18.1 Å². The number of hydrogen-bond donors (Lipinski definition) is 1. The number of fused-ring (bicyclic) bond motifs is 1. The van der Waals surface area contributed by atoms with Gasteiger partial charge in [0.15, 0.2) is 11.5 Å². The zero-order chi connectivity index (χ0) is 12.5. The number of nitrogens with zero attached hydrogens (tertiary/aromatic N) is 3. The van der Waals surface area contributed by atoms with Gasteiger partial charge in [-0.15, -0.1) is 0 Å². The van der Waals surface area contributed by atoms with Gasteiger partial charge >= 0.3 is 5.97 Å². The number of nitrogens with one attached hydrogen (secondary N) is 1. The van der Waals surface area contributed by atoms with Crippen LogP contribution in [0.2, 0.25) is 0 Å². The van der Waals surface area contributed by atoms with E-state index >= 15 is 0 Å². The van der Waals surface area contributed by atoms with E-state index in [1.807, 2.05) is 6.08 Å². The first-order valence-corrected chi connectivity index (χ1v) is 5.81. The third-order valence-corrected chi connectivity index (χ3v) is 2.81. The lowest BCUT2D eigenvalue weighted by Crippen LogP contribution is -2.05. The largest absolute Gasteiger partial charge is 0.466 e. The number of carbonyl (C=O) groups is 1. The number of carbonyl (C=O) groups excluding carboxylic acids is 1. The molecule has 0 saturated heterocycles. The zero-order valence-corrected chi connectivity index (χ0v) is 9.88. The maximum Gasteiger partial charge on any atom is 0.313 e. The second kappa shape index (κ2) is 4.21. The predicted octanol–water partition coefficient (Wildman–Crippen LogP) is 1.32. The average Bonchev–Trinajstić information content (AvgIpc) is 2.97. The van der Waals surface area contributed by atoms with E-state index in [2.05, 4.69) is 19.9 Å². The zero-order valence-electron chi connectivity index (χ0n) is 9.88. The Labute approximate surface area is 103 Å². The molecule has 6 nitrogen and oxygen atoms in total. The van der Waals surface area contributed by atoms with Gasteiger partial charge in [-0.05, 0) is 19.4 Å². The number of aromatic nitrogens is 4. The summed E-state index contributed by atoms with van der Waals surface area (Å²) in [5, 5.41) is 0. The van der Waals surface area contributed by atoms with Crippen LogP contribution < -0.4 is 0 Å². The first-order valence-electron chi connectivity index (χ1n) is 5.81. The summed E-state index contributed by atoms with van der Waals surface area (Å²) in [5.74, 6) is 0.310. The summed E-state index contributed by atoms with van der Waals surface area (Å²) in [4.78, 5) is 26.9. The highest BCUT2D eigenvalue weighted by atomic mass is 16.5. The van der Waals surface area contributed by atoms with Crippen LogP contribution in [0.4, 0.5) is 0 Å². The number of ether oxygens (including phenoxy) is 1. The Bertz CT molecular complexity index is 632. The molecule has 0 aromatic carbocycles. The SMILES string of the molecule is CCOC(=O)C1CC1=Cc1ncc2[nH]cnc2n1. The predicted molar refractivity (Wildman–Crippen MR) is 64.4 cm³/mol. The van der Waals surface area contributed by atoms with Gasteiger partial charge in [0, 0.05) is 0 Å². The Morgan fingerprint density at radius 2 is 2.50 bits per heavy atom. The molecular weight excluding hydrogens is 232 g/mol. The monoisotopic (exact) mass is 244 g/mol. The molecule has 18 heavy (non-hydrogen) atoms. The smallest absolute Gasteiger partial charge is 0.313 e. The van der Waals surface area contributed by atoms with E-state index in [9.17, 15) is 4.79 Å². The van der Waals surface area contributed by atoms with E-state index in [4.69, 9.17) is 4.74 Å². The summed E-state index contributed by atoms with van der Waals surface area (Å²) in [6, 6.07) is 0. The van der Waals surface area contributed by atoms with Crippen molar-refractivity contribution in [2.75, 3.05) is 6.61 Å². The Balaban J connectivity index is 1.78. The fraction of sp³-hybridized carbons (Fsp3) is 0.333. The van der Waals surface area contributed by atoms with Gasteiger partial charge in [-0.1, -0.05) is 5.57 Å². The van der Waals surface area contributed by atoms with Crippen LogP contribution in [0.5, 0.6) is 0 Å². The Hall–Kier alpha value is -2.24. The first-order chi connectivity index (χ1) is 8.78. The maximum atomic E-state index is 11.5. The van der Waals surface area contributed by atoms with Gasteiger partial charge < -0.3 is 9.72 Å². The molecule has 0 amide bonds. The number of hydrogen-bond acceptors (Lipinski definition) is 5. The minimum absolute atomic E-state index is 0.108. The molecule has 1 fully saturated rings. The number of imidazole rings is 1. The fourth-order valence-corrected chi connectivity index (χ4v) is 1.80. The highest BCUT2D eigenvalue weighted by Crippen LogP contribution is 2.39. The molecular formula is C12H12N4O2. The van der Waals surface area contributed by atoms with Crippen LogP contribution in [-0.2, 0) is 9.53 Å². The Kier molecular flexibility index (Phi) is 2.55. The molecule has 1 aliphatic carbocycles.